The Kier molecular flexibility index (Phi) is 3.56. The summed E-state index contributed by atoms with van der Waals surface area (Å²) < 4.78 is 1.88. The van der Waals surface area contributed by atoms with Crippen LogP contribution in [0.1, 0.15) is 78.5 Å². The molecule has 0 atom stereocenters. The van der Waals surface area contributed by atoms with Gasteiger partial charge < -0.3 is 0 Å². The Morgan fingerprint density at radius 3 is 2.69 bits per heavy atom. The number of hydrogen-bond donors (Lipinski definition) is 1. The molecule has 2 fully saturated rings. The van der Waals surface area contributed by atoms with Gasteiger partial charge in [0, 0.05) is 23.6 Å². The minimum atomic E-state index is -0.166. The van der Waals surface area contributed by atoms with Gasteiger partial charge in [-0.15, -0.1) is 10.2 Å². The second-order valence-corrected chi connectivity index (χ2v) is 8.47. The van der Waals surface area contributed by atoms with Crippen molar-refractivity contribution in [2.45, 2.75) is 57.4 Å². The lowest BCUT2D eigenvalue weighted by atomic mass is 10.1. The number of aromatic nitrogens is 5. The molecule has 134 valence electrons. The fourth-order valence-corrected chi connectivity index (χ4v) is 4.04. The molecule has 0 aromatic carbocycles. The van der Waals surface area contributed by atoms with Crippen molar-refractivity contribution in [3.8, 4) is 0 Å². The molecule has 0 radical (unpaired) electrons. The van der Waals surface area contributed by atoms with Crippen LogP contribution in [0.4, 0.5) is 5.13 Å². The number of carbonyl (C=O) groups excluding carboxylic acids is 1. The summed E-state index contributed by atoms with van der Waals surface area (Å²) in [5, 5.41) is 18.1. The Balaban J connectivity index is 1.52. The summed E-state index contributed by atoms with van der Waals surface area (Å²) in [5.41, 5.74) is 2.39. The van der Waals surface area contributed by atoms with Crippen molar-refractivity contribution in [3.63, 3.8) is 0 Å². The minimum absolute atomic E-state index is 0.166. The highest BCUT2D eigenvalue weighted by molar-refractivity contribution is 7.15. The Bertz CT molecular complexity index is 998. The molecule has 0 spiro atoms. The molecule has 3 aromatic heterocycles. The lowest BCUT2D eigenvalue weighted by Crippen LogP contribution is -2.13. The zero-order chi connectivity index (χ0) is 17.8. The van der Waals surface area contributed by atoms with Crippen LogP contribution in [0.5, 0.6) is 0 Å². The number of nitrogens with zero attached hydrogens (tertiary/aromatic N) is 5. The van der Waals surface area contributed by atoms with Crippen LogP contribution in [-0.2, 0) is 0 Å². The van der Waals surface area contributed by atoms with Crippen molar-refractivity contribution >= 4 is 33.4 Å². The molecule has 8 heteroatoms. The molecule has 0 bridgehead atoms. The second-order valence-electron chi connectivity index (χ2n) is 7.46. The van der Waals surface area contributed by atoms with Gasteiger partial charge in [-0.25, -0.2) is 9.67 Å². The topological polar surface area (TPSA) is 85.6 Å². The quantitative estimate of drug-likeness (QED) is 0.739. The summed E-state index contributed by atoms with van der Waals surface area (Å²) >= 11 is 1.47. The SMILES string of the molecule is CC(C)n1ncc2c(C(=O)Nc3nnc(C4CC4)s3)cc(C3CC3)nc21. The van der Waals surface area contributed by atoms with Crippen molar-refractivity contribution in [1.29, 1.82) is 0 Å². The molecule has 0 aliphatic heterocycles. The van der Waals surface area contributed by atoms with Crippen molar-refractivity contribution in [2.75, 3.05) is 5.32 Å². The molecule has 26 heavy (non-hydrogen) atoms. The molecule has 0 saturated heterocycles. The first-order chi connectivity index (χ1) is 12.6. The number of amides is 1. The van der Waals surface area contributed by atoms with Crippen molar-refractivity contribution < 1.29 is 4.79 Å². The molecule has 2 saturated carbocycles. The third kappa shape index (κ3) is 2.78. The van der Waals surface area contributed by atoms with Gasteiger partial charge in [0.1, 0.15) is 5.01 Å². The van der Waals surface area contributed by atoms with E-state index >= 15 is 0 Å². The average molecular weight is 368 g/mol. The maximum Gasteiger partial charge on any atom is 0.258 e. The summed E-state index contributed by atoms with van der Waals surface area (Å²) in [7, 11) is 0. The van der Waals surface area contributed by atoms with Crippen LogP contribution >= 0.6 is 11.3 Å². The standard InChI is InChI=1S/C18H20N6OS/c1-9(2)24-15-13(8-19-24)12(7-14(20-15)10-3-4-10)16(25)21-18-23-22-17(26-18)11-5-6-11/h7-11H,3-6H2,1-2H3,(H,21,23,25). The monoisotopic (exact) mass is 368 g/mol. The first kappa shape index (κ1) is 15.9. The molecule has 2 aliphatic carbocycles. The van der Waals surface area contributed by atoms with E-state index in [1.165, 1.54) is 24.2 Å². The summed E-state index contributed by atoms with van der Waals surface area (Å²) in [6.45, 7) is 4.14. The minimum Gasteiger partial charge on any atom is -0.296 e. The zero-order valence-electron chi connectivity index (χ0n) is 14.8. The van der Waals surface area contributed by atoms with Gasteiger partial charge in [0.15, 0.2) is 5.65 Å². The van der Waals surface area contributed by atoms with E-state index in [9.17, 15) is 4.79 Å². The highest BCUT2D eigenvalue weighted by Gasteiger charge is 2.30. The second kappa shape index (κ2) is 5.84. The molecule has 5 rings (SSSR count). The van der Waals surface area contributed by atoms with Crippen LogP contribution in [0.3, 0.4) is 0 Å². The average Bonchev–Trinajstić information content (AvgIpc) is 3.55. The summed E-state index contributed by atoms with van der Waals surface area (Å²) in [6, 6.07) is 2.11. The number of anilines is 1. The third-order valence-corrected chi connectivity index (χ3v) is 5.90. The van der Waals surface area contributed by atoms with E-state index < -0.39 is 0 Å². The number of pyridine rings is 1. The first-order valence-corrected chi connectivity index (χ1v) is 9.94. The number of fused-ring (bicyclic) bond motifs is 1. The van der Waals surface area contributed by atoms with Gasteiger partial charge in [-0.1, -0.05) is 11.3 Å². The Hall–Kier alpha value is -2.35. The molecule has 1 amide bonds. The van der Waals surface area contributed by atoms with Crippen LogP contribution in [0.2, 0.25) is 0 Å². The third-order valence-electron chi connectivity index (χ3n) is 4.90. The van der Waals surface area contributed by atoms with Gasteiger partial charge in [0.25, 0.3) is 5.91 Å². The molecular formula is C18H20N6OS. The Morgan fingerprint density at radius 1 is 1.23 bits per heavy atom. The van der Waals surface area contributed by atoms with Gasteiger partial charge in [-0.3, -0.25) is 10.1 Å². The Morgan fingerprint density at radius 2 is 2.00 bits per heavy atom. The van der Waals surface area contributed by atoms with E-state index in [-0.39, 0.29) is 11.9 Å². The summed E-state index contributed by atoms with van der Waals surface area (Å²) in [5.74, 6) is 0.835. The largest absolute Gasteiger partial charge is 0.296 e. The van der Waals surface area contributed by atoms with Crippen LogP contribution in [0.25, 0.3) is 11.0 Å². The van der Waals surface area contributed by atoms with E-state index in [0.29, 0.717) is 22.5 Å². The van der Waals surface area contributed by atoms with Gasteiger partial charge >= 0.3 is 0 Å². The van der Waals surface area contributed by atoms with Crippen LogP contribution in [0.15, 0.2) is 12.3 Å². The van der Waals surface area contributed by atoms with Crippen molar-refractivity contribution in [2.24, 2.45) is 0 Å². The van der Waals surface area contributed by atoms with E-state index in [1.54, 1.807) is 6.20 Å². The van der Waals surface area contributed by atoms with E-state index in [1.807, 2.05) is 10.7 Å². The predicted molar refractivity (Wildman–Crippen MR) is 99.7 cm³/mol. The number of nitrogens with one attached hydrogen (secondary N) is 1. The predicted octanol–water partition coefficient (Wildman–Crippen LogP) is 3.87. The maximum atomic E-state index is 13.0. The van der Waals surface area contributed by atoms with Crippen LogP contribution in [-0.4, -0.2) is 30.9 Å². The molecule has 2 aliphatic rings. The number of carbonyl (C=O) groups is 1. The molecular weight excluding hydrogens is 348 g/mol. The lowest BCUT2D eigenvalue weighted by Gasteiger charge is -2.09. The normalized spacial score (nSPS) is 17.2. The van der Waals surface area contributed by atoms with Gasteiger partial charge in [0.2, 0.25) is 5.13 Å². The smallest absolute Gasteiger partial charge is 0.258 e. The van der Waals surface area contributed by atoms with Gasteiger partial charge in [-0.2, -0.15) is 5.10 Å². The fraction of sp³-hybridized carbons (Fsp3) is 0.500. The summed E-state index contributed by atoms with van der Waals surface area (Å²) in [4.78, 5) is 17.8. The number of hydrogen-bond acceptors (Lipinski definition) is 6. The molecule has 7 nitrogen and oxygen atoms in total. The van der Waals surface area contributed by atoms with E-state index in [0.717, 1.165) is 34.6 Å². The molecule has 3 heterocycles. The maximum absolute atomic E-state index is 13.0. The lowest BCUT2D eigenvalue weighted by molar-refractivity contribution is 0.102. The van der Waals surface area contributed by atoms with Crippen molar-refractivity contribution in [3.05, 3.63) is 28.5 Å². The van der Waals surface area contributed by atoms with E-state index in [2.05, 4.69) is 34.5 Å². The molecule has 3 aromatic rings. The zero-order valence-corrected chi connectivity index (χ0v) is 15.6. The highest BCUT2D eigenvalue weighted by atomic mass is 32.1. The van der Waals surface area contributed by atoms with Crippen LogP contribution in [0, 0.1) is 0 Å². The molecule has 1 N–H and O–H groups in total. The highest BCUT2D eigenvalue weighted by Crippen LogP contribution is 2.42. The van der Waals surface area contributed by atoms with Gasteiger partial charge in [-0.05, 0) is 45.6 Å². The summed E-state index contributed by atoms with van der Waals surface area (Å²) in [6.07, 6.45) is 6.36. The fourth-order valence-electron chi connectivity index (χ4n) is 3.14. The number of rotatable bonds is 5. The van der Waals surface area contributed by atoms with Gasteiger partial charge in [0.05, 0.1) is 17.1 Å². The van der Waals surface area contributed by atoms with E-state index in [4.69, 9.17) is 4.98 Å². The Labute approximate surface area is 154 Å². The van der Waals surface area contributed by atoms with Crippen LogP contribution < -0.4 is 5.32 Å². The first-order valence-electron chi connectivity index (χ1n) is 9.13. The molecule has 0 unspecified atom stereocenters. The van der Waals surface area contributed by atoms with Crippen molar-refractivity contribution in [1.82, 2.24) is 25.0 Å².